The lowest BCUT2D eigenvalue weighted by Crippen LogP contribution is -2.21. The molecular formula is C11H15NOS. The lowest BCUT2D eigenvalue weighted by Gasteiger charge is -2.25. The zero-order chi connectivity index (χ0) is 10.1. The summed E-state index contributed by atoms with van der Waals surface area (Å²) in [6.07, 6.45) is 2.50. The maximum atomic E-state index is 11.4. The second-order valence-electron chi connectivity index (χ2n) is 4.19. The van der Waals surface area contributed by atoms with Gasteiger partial charge in [-0.05, 0) is 19.3 Å². The molecule has 3 heteroatoms. The van der Waals surface area contributed by atoms with Crippen LogP contribution in [0.25, 0.3) is 0 Å². The molecule has 2 nitrogen and oxygen atoms in total. The second kappa shape index (κ2) is 3.81. The van der Waals surface area contributed by atoms with Crippen molar-refractivity contribution in [1.29, 1.82) is 0 Å². The summed E-state index contributed by atoms with van der Waals surface area (Å²) in [6.45, 7) is 4.24. The molecule has 1 aliphatic carbocycles. The number of carbonyl (C=O) groups is 1. The number of ketones is 1. The fourth-order valence-corrected chi connectivity index (χ4v) is 3.04. The number of hydrogen-bond acceptors (Lipinski definition) is 3. The van der Waals surface area contributed by atoms with Gasteiger partial charge in [-0.25, -0.2) is 4.98 Å². The van der Waals surface area contributed by atoms with Crippen molar-refractivity contribution < 1.29 is 4.79 Å². The van der Waals surface area contributed by atoms with Crippen LogP contribution in [0.3, 0.4) is 0 Å². The number of nitrogens with zero attached hydrogens (tertiary/aromatic N) is 1. The van der Waals surface area contributed by atoms with Crippen LogP contribution in [-0.4, -0.2) is 10.8 Å². The largest absolute Gasteiger partial charge is 0.300 e. The zero-order valence-electron chi connectivity index (χ0n) is 8.62. The lowest BCUT2D eigenvalue weighted by atomic mass is 9.80. The van der Waals surface area contributed by atoms with Gasteiger partial charge in [0.2, 0.25) is 0 Å². The minimum absolute atomic E-state index is 0.384. The highest BCUT2D eigenvalue weighted by molar-refractivity contribution is 7.09. The van der Waals surface area contributed by atoms with Gasteiger partial charge < -0.3 is 0 Å². The molecule has 0 radical (unpaired) electrons. The third kappa shape index (κ3) is 1.87. The van der Waals surface area contributed by atoms with Crippen LogP contribution in [0.4, 0.5) is 0 Å². The number of thiazole rings is 1. The van der Waals surface area contributed by atoms with Gasteiger partial charge in [-0.1, -0.05) is 6.92 Å². The fourth-order valence-electron chi connectivity index (χ4n) is 2.01. The van der Waals surface area contributed by atoms with Crippen LogP contribution in [0.1, 0.15) is 42.8 Å². The Kier molecular flexibility index (Phi) is 2.68. The maximum absolute atomic E-state index is 11.4. The van der Waals surface area contributed by atoms with Crippen molar-refractivity contribution in [3.63, 3.8) is 0 Å². The average molecular weight is 209 g/mol. The third-order valence-corrected chi connectivity index (χ3v) is 4.06. The Labute approximate surface area is 88.4 Å². The van der Waals surface area contributed by atoms with E-state index in [-0.39, 0.29) is 0 Å². The highest BCUT2D eigenvalue weighted by Crippen LogP contribution is 2.37. The zero-order valence-corrected chi connectivity index (χ0v) is 9.43. The van der Waals surface area contributed by atoms with Gasteiger partial charge in [-0.3, -0.25) is 4.79 Å². The monoisotopic (exact) mass is 209 g/mol. The van der Waals surface area contributed by atoms with Gasteiger partial charge in [0.15, 0.2) is 0 Å². The molecule has 0 aliphatic heterocycles. The molecule has 0 bridgehead atoms. The maximum Gasteiger partial charge on any atom is 0.133 e. The number of rotatable bonds is 1. The summed E-state index contributed by atoms with van der Waals surface area (Å²) >= 11 is 1.70. The third-order valence-electron chi connectivity index (χ3n) is 2.97. The van der Waals surface area contributed by atoms with Gasteiger partial charge >= 0.3 is 0 Å². The van der Waals surface area contributed by atoms with E-state index in [4.69, 9.17) is 0 Å². The molecule has 1 aromatic rings. The van der Waals surface area contributed by atoms with Crippen LogP contribution >= 0.6 is 11.3 Å². The quantitative estimate of drug-likeness (QED) is 0.711. The van der Waals surface area contributed by atoms with Crippen molar-refractivity contribution in [2.45, 2.75) is 39.0 Å². The summed E-state index contributed by atoms with van der Waals surface area (Å²) in [5, 5.41) is 3.23. The van der Waals surface area contributed by atoms with Crippen molar-refractivity contribution in [1.82, 2.24) is 4.98 Å². The van der Waals surface area contributed by atoms with Crippen LogP contribution in [-0.2, 0) is 4.79 Å². The van der Waals surface area contributed by atoms with Gasteiger partial charge in [-0.15, -0.1) is 11.3 Å². The number of hydrogen-bond donors (Lipinski definition) is 0. The highest BCUT2D eigenvalue weighted by Gasteiger charge is 2.29. The Morgan fingerprint density at radius 2 is 2.36 bits per heavy atom. The molecule has 0 aromatic carbocycles. The van der Waals surface area contributed by atoms with E-state index < -0.39 is 0 Å². The first-order valence-electron chi connectivity index (χ1n) is 5.10. The van der Waals surface area contributed by atoms with E-state index in [1.807, 2.05) is 6.92 Å². The molecule has 2 rings (SSSR count). The van der Waals surface area contributed by atoms with Gasteiger partial charge in [0.25, 0.3) is 0 Å². The first-order valence-corrected chi connectivity index (χ1v) is 5.98. The summed E-state index contributed by atoms with van der Waals surface area (Å²) in [4.78, 5) is 15.9. The van der Waals surface area contributed by atoms with Crippen LogP contribution in [0, 0.1) is 12.8 Å². The van der Waals surface area contributed by atoms with Crippen molar-refractivity contribution in [2.24, 2.45) is 5.92 Å². The normalized spacial score (nSPS) is 28.0. The smallest absolute Gasteiger partial charge is 0.133 e. The molecule has 0 N–H and O–H groups in total. The Hall–Kier alpha value is -0.700. The van der Waals surface area contributed by atoms with E-state index in [9.17, 15) is 4.79 Å². The molecule has 1 saturated carbocycles. The van der Waals surface area contributed by atoms with Crippen molar-refractivity contribution in [3.8, 4) is 0 Å². The molecule has 0 saturated heterocycles. The number of Topliss-reactive ketones (excluding diaryl/α,β-unsaturated/α-hetero) is 1. The van der Waals surface area contributed by atoms with Crippen molar-refractivity contribution in [2.75, 3.05) is 0 Å². The van der Waals surface area contributed by atoms with Crippen LogP contribution in [0.15, 0.2) is 5.38 Å². The molecule has 2 unspecified atom stereocenters. The lowest BCUT2D eigenvalue weighted by molar-refractivity contribution is -0.121. The summed E-state index contributed by atoms with van der Waals surface area (Å²) < 4.78 is 0. The van der Waals surface area contributed by atoms with Crippen LogP contribution in [0.5, 0.6) is 0 Å². The van der Waals surface area contributed by atoms with E-state index in [1.54, 1.807) is 11.3 Å². The van der Waals surface area contributed by atoms with Crippen LogP contribution < -0.4 is 0 Å². The minimum atomic E-state index is 0.384. The van der Waals surface area contributed by atoms with E-state index in [0.29, 0.717) is 24.0 Å². The first kappa shape index (κ1) is 9.84. The highest BCUT2D eigenvalue weighted by atomic mass is 32.1. The molecule has 1 aliphatic rings. The molecule has 76 valence electrons. The molecule has 14 heavy (non-hydrogen) atoms. The summed E-state index contributed by atoms with van der Waals surface area (Å²) in [7, 11) is 0. The molecular weight excluding hydrogens is 194 g/mol. The standard InChI is InChI=1S/C11H15NOS/c1-7-3-4-9(13)5-10(7)11-12-8(2)6-14-11/h6-7,10H,3-5H2,1-2H3. The molecule has 1 aromatic heterocycles. The van der Waals surface area contributed by atoms with E-state index >= 15 is 0 Å². The number of carbonyl (C=O) groups excluding carboxylic acids is 1. The second-order valence-corrected chi connectivity index (χ2v) is 5.08. The summed E-state index contributed by atoms with van der Waals surface area (Å²) in [5.74, 6) is 1.40. The van der Waals surface area contributed by atoms with E-state index in [2.05, 4.69) is 17.3 Å². The minimum Gasteiger partial charge on any atom is -0.300 e. The van der Waals surface area contributed by atoms with E-state index in [1.165, 1.54) is 0 Å². The SMILES string of the molecule is Cc1csc(C2CC(=O)CCC2C)n1. The molecule has 0 spiro atoms. The van der Waals surface area contributed by atoms with Crippen molar-refractivity contribution >= 4 is 17.1 Å². The topological polar surface area (TPSA) is 30.0 Å². The Balaban J connectivity index is 2.19. The fraction of sp³-hybridized carbons (Fsp3) is 0.636. The van der Waals surface area contributed by atoms with Gasteiger partial charge in [-0.2, -0.15) is 0 Å². The Bertz CT molecular complexity index is 345. The van der Waals surface area contributed by atoms with Crippen LogP contribution in [0.2, 0.25) is 0 Å². The summed E-state index contributed by atoms with van der Waals surface area (Å²) in [6, 6.07) is 0. The number of aryl methyl sites for hydroxylation is 1. The van der Waals surface area contributed by atoms with Crippen molar-refractivity contribution in [3.05, 3.63) is 16.1 Å². The predicted octanol–water partition coefficient (Wildman–Crippen LogP) is 2.92. The van der Waals surface area contributed by atoms with Gasteiger partial charge in [0.1, 0.15) is 5.78 Å². The average Bonchev–Trinajstić information content (AvgIpc) is 2.56. The van der Waals surface area contributed by atoms with Gasteiger partial charge in [0, 0.05) is 29.8 Å². The Morgan fingerprint density at radius 1 is 1.57 bits per heavy atom. The first-order chi connectivity index (χ1) is 6.66. The summed E-state index contributed by atoms with van der Waals surface area (Å²) in [5.41, 5.74) is 1.08. The van der Waals surface area contributed by atoms with Gasteiger partial charge in [0.05, 0.1) is 5.01 Å². The predicted molar refractivity (Wildman–Crippen MR) is 57.6 cm³/mol. The van der Waals surface area contributed by atoms with E-state index in [0.717, 1.165) is 23.5 Å². The molecule has 1 heterocycles. The Morgan fingerprint density at radius 3 is 3.00 bits per heavy atom. The molecule has 0 amide bonds. The molecule has 1 fully saturated rings. The number of aromatic nitrogens is 1. The molecule has 2 atom stereocenters.